The Morgan fingerprint density at radius 3 is 2.89 bits per heavy atom. The van der Waals surface area contributed by atoms with Gasteiger partial charge in [-0.05, 0) is 49.3 Å². The number of hydrogen-bond acceptors (Lipinski definition) is 2. The van der Waals surface area contributed by atoms with Crippen LogP contribution in [0.4, 0.5) is 11.4 Å². The maximum atomic E-state index is 3.52. The lowest BCUT2D eigenvalue weighted by atomic mass is 10.0. The normalized spacial score (nSPS) is 19.4. The lowest BCUT2D eigenvalue weighted by Crippen LogP contribution is -2.24. The molecule has 0 atom stereocenters. The van der Waals surface area contributed by atoms with Crippen molar-refractivity contribution in [3.63, 3.8) is 0 Å². The standard InChI is InChI=1S/C16H24N2/c1-18(12-13-5-2-3-6-13)15-9-8-14-7-4-10-17-16(14)11-15/h8-9,11,13,17H,2-7,10,12H2,1H3. The van der Waals surface area contributed by atoms with Crippen molar-refractivity contribution >= 4 is 11.4 Å². The number of nitrogens with zero attached hydrogens (tertiary/aromatic N) is 1. The van der Waals surface area contributed by atoms with Gasteiger partial charge in [0.15, 0.2) is 0 Å². The molecule has 0 amide bonds. The molecule has 0 saturated heterocycles. The van der Waals surface area contributed by atoms with E-state index in [9.17, 15) is 0 Å². The van der Waals surface area contributed by atoms with Crippen molar-refractivity contribution in [3.8, 4) is 0 Å². The molecule has 18 heavy (non-hydrogen) atoms. The summed E-state index contributed by atoms with van der Waals surface area (Å²) in [5.74, 6) is 0.916. The third-order valence-electron chi connectivity index (χ3n) is 4.48. The minimum absolute atomic E-state index is 0.916. The topological polar surface area (TPSA) is 15.3 Å². The molecule has 1 fully saturated rings. The van der Waals surface area contributed by atoms with Gasteiger partial charge in [0.2, 0.25) is 0 Å². The molecule has 0 bridgehead atoms. The van der Waals surface area contributed by atoms with E-state index in [4.69, 9.17) is 0 Å². The molecule has 3 rings (SSSR count). The largest absolute Gasteiger partial charge is 0.385 e. The molecule has 1 aliphatic carbocycles. The zero-order chi connectivity index (χ0) is 12.4. The highest BCUT2D eigenvalue weighted by atomic mass is 15.1. The number of nitrogens with one attached hydrogen (secondary N) is 1. The van der Waals surface area contributed by atoms with Crippen LogP contribution in [0.5, 0.6) is 0 Å². The van der Waals surface area contributed by atoms with Crippen molar-refractivity contribution in [1.82, 2.24) is 0 Å². The molecule has 1 saturated carbocycles. The second-order valence-corrected chi connectivity index (χ2v) is 5.90. The Kier molecular flexibility index (Phi) is 3.44. The van der Waals surface area contributed by atoms with Gasteiger partial charge in [0.25, 0.3) is 0 Å². The Balaban J connectivity index is 1.70. The molecule has 98 valence electrons. The molecule has 1 aliphatic heterocycles. The highest BCUT2D eigenvalue weighted by Crippen LogP contribution is 2.30. The SMILES string of the molecule is CN(CC1CCCC1)c1ccc2c(c1)NCCC2. The zero-order valence-electron chi connectivity index (χ0n) is 11.4. The first kappa shape index (κ1) is 11.9. The average molecular weight is 244 g/mol. The smallest absolute Gasteiger partial charge is 0.0393 e. The highest BCUT2D eigenvalue weighted by molar-refractivity contribution is 5.63. The molecule has 1 aromatic rings. The second-order valence-electron chi connectivity index (χ2n) is 5.90. The highest BCUT2D eigenvalue weighted by Gasteiger charge is 2.17. The van der Waals surface area contributed by atoms with E-state index in [1.54, 1.807) is 0 Å². The van der Waals surface area contributed by atoms with Crippen LogP contribution in [0.15, 0.2) is 18.2 Å². The van der Waals surface area contributed by atoms with Crippen molar-refractivity contribution < 1.29 is 0 Å². The fraction of sp³-hybridized carbons (Fsp3) is 0.625. The van der Waals surface area contributed by atoms with E-state index in [0.29, 0.717) is 0 Å². The number of rotatable bonds is 3. The van der Waals surface area contributed by atoms with Crippen molar-refractivity contribution in [3.05, 3.63) is 23.8 Å². The van der Waals surface area contributed by atoms with Gasteiger partial charge in [-0.3, -0.25) is 0 Å². The van der Waals surface area contributed by atoms with E-state index in [2.05, 4.69) is 35.5 Å². The van der Waals surface area contributed by atoms with Gasteiger partial charge < -0.3 is 10.2 Å². The maximum Gasteiger partial charge on any atom is 0.0393 e. The summed E-state index contributed by atoms with van der Waals surface area (Å²) in [7, 11) is 2.24. The van der Waals surface area contributed by atoms with Crippen LogP contribution in [0.1, 0.15) is 37.7 Å². The minimum Gasteiger partial charge on any atom is -0.385 e. The summed E-state index contributed by atoms with van der Waals surface area (Å²) in [6.45, 7) is 2.35. The van der Waals surface area contributed by atoms with Gasteiger partial charge in [-0.15, -0.1) is 0 Å². The van der Waals surface area contributed by atoms with Crippen LogP contribution in [0.2, 0.25) is 0 Å². The van der Waals surface area contributed by atoms with Gasteiger partial charge in [-0.25, -0.2) is 0 Å². The third-order valence-corrected chi connectivity index (χ3v) is 4.48. The van der Waals surface area contributed by atoms with E-state index in [-0.39, 0.29) is 0 Å². The number of hydrogen-bond donors (Lipinski definition) is 1. The second kappa shape index (κ2) is 5.21. The molecule has 0 spiro atoms. The summed E-state index contributed by atoms with van der Waals surface area (Å²) in [6.07, 6.45) is 8.22. The summed E-state index contributed by atoms with van der Waals surface area (Å²) in [5, 5.41) is 3.52. The first-order chi connectivity index (χ1) is 8.83. The van der Waals surface area contributed by atoms with Gasteiger partial charge in [0.1, 0.15) is 0 Å². The van der Waals surface area contributed by atoms with Gasteiger partial charge in [-0.2, -0.15) is 0 Å². The molecule has 0 unspecified atom stereocenters. The Morgan fingerprint density at radius 2 is 2.06 bits per heavy atom. The van der Waals surface area contributed by atoms with Crippen molar-refractivity contribution in [2.24, 2.45) is 5.92 Å². The fourth-order valence-corrected chi connectivity index (χ4v) is 3.37. The van der Waals surface area contributed by atoms with Gasteiger partial charge >= 0.3 is 0 Å². The van der Waals surface area contributed by atoms with Crippen molar-refractivity contribution in [2.75, 3.05) is 30.4 Å². The van der Waals surface area contributed by atoms with Gasteiger partial charge in [0, 0.05) is 31.5 Å². The molecular formula is C16H24N2. The van der Waals surface area contributed by atoms with E-state index in [0.717, 1.165) is 12.5 Å². The Morgan fingerprint density at radius 1 is 1.22 bits per heavy atom. The molecule has 1 heterocycles. The molecule has 1 aromatic carbocycles. The summed E-state index contributed by atoms with van der Waals surface area (Å²) in [6, 6.07) is 6.94. The predicted octanol–water partition coefficient (Wildman–Crippen LogP) is 3.67. The maximum absolute atomic E-state index is 3.52. The number of benzene rings is 1. The number of anilines is 2. The third kappa shape index (κ3) is 2.47. The molecular weight excluding hydrogens is 220 g/mol. The molecule has 1 N–H and O–H groups in total. The summed E-state index contributed by atoms with van der Waals surface area (Å²) in [5.41, 5.74) is 4.21. The van der Waals surface area contributed by atoms with E-state index >= 15 is 0 Å². The minimum atomic E-state index is 0.916. The van der Waals surface area contributed by atoms with Crippen LogP contribution in [0.25, 0.3) is 0 Å². The number of fused-ring (bicyclic) bond motifs is 1. The summed E-state index contributed by atoms with van der Waals surface area (Å²) >= 11 is 0. The lowest BCUT2D eigenvalue weighted by molar-refractivity contribution is 0.547. The quantitative estimate of drug-likeness (QED) is 0.872. The van der Waals surface area contributed by atoms with Crippen LogP contribution in [0.3, 0.4) is 0 Å². The molecule has 2 aliphatic rings. The van der Waals surface area contributed by atoms with Crippen LogP contribution >= 0.6 is 0 Å². The molecule has 0 radical (unpaired) electrons. The van der Waals surface area contributed by atoms with Crippen molar-refractivity contribution in [1.29, 1.82) is 0 Å². The van der Waals surface area contributed by atoms with E-state index in [1.807, 2.05) is 0 Å². The van der Waals surface area contributed by atoms with Gasteiger partial charge in [-0.1, -0.05) is 18.9 Å². The van der Waals surface area contributed by atoms with Crippen LogP contribution in [-0.4, -0.2) is 20.1 Å². The molecule has 2 heteroatoms. The van der Waals surface area contributed by atoms with E-state index < -0.39 is 0 Å². The zero-order valence-corrected chi connectivity index (χ0v) is 11.4. The average Bonchev–Trinajstić information content (AvgIpc) is 2.91. The van der Waals surface area contributed by atoms with Crippen molar-refractivity contribution in [2.45, 2.75) is 38.5 Å². The van der Waals surface area contributed by atoms with Crippen LogP contribution in [0, 0.1) is 5.92 Å². The predicted molar refractivity (Wildman–Crippen MR) is 78.5 cm³/mol. The molecule has 2 nitrogen and oxygen atoms in total. The summed E-state index contributed by atoms with van der Waals surface area (Å²) < 4.78 is 0. The monoisotopic (exact) mass is 244 g/mol. The van der Waals surface area contributed by atoms with Crippen LogP contribution in [-0.2, 0) is 6.42 Å². The Bertz CT molecular complexity index is 408. The first-order valence-electron chi connectivity index (χ1n) is 7.41. The molecule has 0 aromatic heterocycles. The van der Waals surface area contributed by atoms with Crippen LogP contribution < -0.4 is 10.2 Å². The number of aryl methyl sites for hydroxylation is 1. The fourth-order valence-electron chi connectivity index (χ4n) is 3.37. The first-order valence-corrected chi connectivity index (χ1v) is 7.41. The summed E-state index contributed by atoms with van der Waals surface area (Å²) in [4.78, 5) is 2.44. The lowest BCUT2D eigenvalue weighted by Gasteiger charge is -2.26. The van der Waals surface area contributed by atoms with E-state index in [1.165, 1.54) is 62.0 Å². The Labute approximate surface area is 110 Å². The Hall–Kier alpha value is -1.18. The van der Waals surface area contributed by atoms with Gasteiger partial charge in [0.05, 0.1) is 0 Å².